The van der Waals surface area contributed by atoms with Gasteiger partial charge in [-0.15, -0.1) is 11.3 Å². The van der Waals surface area contributed by atoms with E-state index in [1.165, 1.54) is 42.9 Å². The smallest absolute Gasteiger partial charge is 0.348 e. The van der Waals surface area contributed by atoms with Gasteiger partial charge < -0.3 is 10.1 Å². The number of nitro groups is 1. The first-order valence-corrected chi connectivity index (χ1v) is 9.33. The molecule has 0 unspecified atom stereocenters. The summed E-state index contributed by atoms with van der Waals surface area (Å²) < 4.78 is 4.77. The summed E-state index contributed by atoms with van der Waals surface area (Å²) in [5.74, 6) is -0.741. The van der Waals surface area contributed by atoms with Crippen LogP contribution in [0.5, 0.6) is 0 Å². The minimum Gasteiger partial charge on any atom is -0.465 e. The number of hydrogen-bond acceptors (Lipinski definition) is 8. The molecule has 0 saturated heterocycles. The number of ketones is 1. The second-order valence-electron chi connectivity index (χ2n) is 6.11. The lowest BCUT2D eigenvalue weighted by Crippen LogP contribution is -1.99. The maximum Gasteiger partial charge on any atom is 0.348 e. The number of fused-ring (bicyclic) bond motifs is 1. The van der Waals surface area contributed by atoms with Crippen LogP contribution in [0.2, 0.25) is 0 Å². The molecule has 0 bridgehead atoms. The summed E-state index contributed by atoms with van der Waals surface area (Å²) in [5, 5.41) is 14.6. The monoisotopic (exact) mass is 411 g/mol. The van der Waals surface area contributed by atoms with E-state index < -0.39 is 10.9 Å². The summed E-state index contributed by atoms with van der Waals surface area (Å²) >= 11 is 1.21. The van der Waals surface area contributed by atoms with Crippen LogP contribution >= 0.6 is 11.3 Å². The highest BCUT2D eigenvalue weighted by Crippen LogP contribution is 2.30. The van der Waals surface area contributed by atoms with Crippen LogP contribution in [0.1, 0.15) is 31.2 Å². The molecule has 0 fully saturated rings. The predicted molar refractivity (Wildman–Crippen MR) is 112 cm³/mol. The van der Waals surface area contributed by atoms with Crippen molar-refractivity contribution in [2.75, 3.05) is 19.5 Å². The molecule has 0 aliphatic heterocycles. The van der Waals surface area contributed by atoms with Crippen LogP contribution in [0.3, 0.4) is 0 Å². The summed E-state index contributed by atoms with van der Waals surface area (Å²) in [6, 6.07) is 6.33. The number of pyridine rings is 1. The number of rotatable bonds is 6. The summed E-state index contributed by atoms with van der Waals surface area (Å²) in [7, 11) is 2.91. The topological polar surface area (TPSA) is 111 Å². The number of thiophene rings is 1. The molecule has 9 heteroatoms. The fraction of sp³-hybridized carbons (Fsp3) is 0.150. The fourth-order valence-corrected chi connectivity index (χ4v) is 3.85. The van der Waals surface area contributed by atoms with Gasteiger partial charge in [0.05, 0.1) is 12.0 Å². The van der Waals surface area contributed by atoms with Crippen LogP contribution in [0.25, 0.3) is 16.3 Å². The van der Waals surface area contributed by atoms with Gasteiger partial charge in [0.1, 0.15) is 15.4 Å². The highest BCUT2D eigenvalue weighted by Gasteiger charge is 2.18. The van der Waals surface area contributed by atoms with Crippen molar-refractivity contribution >= 4 is 50.8 Å². The summed E-state index contributed by atoms with van der Waals surface area (Å²) in [6.45, 7) is 1.78. The maximum atomic E-state index is 12.6. The van der Waals surface area contributed by atoms with Gasteiger partial charge in [-0.1, -0.05) is 12.1 Å². The lowest BCUT2D eigenvalue weighted by Gasteiger charge is -2.02. The zero-order chi connectivity index (χ0) is 21.1. The third kappa shape index (κ3) is 3.99. The molecule has 1 aromatic carbocycles. The fourth-order valence-electron chi connectivity index (χ4n) is 2.80. The van der Waals surface area contributed by atoms with Crippen molar-refractivity contribution in [2.24, 2.45) is 0 Å². The number of nitrogens with one attached hydrogen (secondary N) is 1. The van der Waals surface area contributed by atoms with Crippen molar-refractivity contribution in [1.82, 2.24) is 4.98 Å². The van der Waals surface area contributed by atoms with E-state index in [2.05, 4.69) is 10.3 Å². The molecule has 2 aromatic heterocycles. The Morgan fingerprint density at radius 3 is 2.72 bits per heavy atom. The zero-order valence-corrected chi connectivity index (χ0v) is 16.7. The molecule has 3 aromatic rings. The van der Waals surface area contributed by atoms with Crippen molar-refractivity contribution in [1.29, 1.82) is 0 Å². The number of nitrogens with zero attached hydrogens (tertiary/aromatic N) is 2. The van der Waals surface area contributed by atoms with Crippen molar-refractivity contribution < 1.29 is 19.2 Å². The Labute approximate surface area is 170 Å². The molecule has 3 rings (SSSR count). The van der Waals surface area contributed by atoms with Crippen LogP contribution < -0.4 is 5.32 Å². The number of carbonyl (C=O) groups is 2. The van der Waals surface area contributed by atoms with Gasteiger partial charge in [0.2, 0.25) is 0 Å². The Kier molecular flexibility index (Phi) is 5.69. The van der Waals surface area contributed by atoms with E-state index in [4.69, 9.17) is 4.74 Å². The molecule has 0 atom stereocenters. The SMILES string of the molecule is CNc1ccc(/C=C/C(=O)c2cnc3sc(C(=O)OC)c(C)c3c2)cc1[N+](=O)[O-]. The number of esters is 1. The first-order valence-electron chi connectivity index (χ1n) is 8.51. The minimum atomic E-state index is -0.485. The van der Waals surface area contributed by atoms with Crippen LogP contribution in [0.15, 0.2) is 36.5 Å². The van der Waals surface area contributed by atoms with Gasteiger partial charge in [0.15, 0.2) is 5.78 Å². The van der Waals surface area contributed by atoms with Crippen molar-refractivity contribution in [3.05, 3.63) is 68.2 Å². The summed E-state index contributed by atoms with van der Waals surface area (Å²) in [5.41, 5.74) is 1.91. The van der Waals surface area contributed by atoms with Crippen LogP contribution in [0.4, 0.5) is 11.4 Å². The van der Waals surface area contributed by atoms with Gasteiger partial charge in [-0.05, 0) is 36.3 Å². The molecule has 0 aliphatic rings. The van der Waals surface area contributed by atoms with Crippen LogP contribution in [0, 0.1) is 17.0 Å². The third-order valence-corrected chi connectivity index (χ3v) is 5.56. The second kappa shape index (κ2) is 8.19. The molecular weight excluding hydrogens is 394 g/mol. The van der Waals surface area contributed by atoms with Crippen LogP contribution in [-0.2, 0) is 4.74 Å². The number of nitro benzene ring substituents is 1. The molecular formula is C20H17N3O5S. The Balaban J connectivity index is 1.90. The number of ether oxygens (including phenoxy) is 1. The van der Waals surface area contributed by atoms with E-state index in [0.29, 0.717) is 37.5 Å². The quantitative estimate of drug-likeness (QED) is 0.212. The molecule has 0 radical (unpaired) electrons. The first kappa shape index (κ1) is 20.2. The number of aryl methyl sites for hydroxylation is 1. The first-order chi connectivity index (χ1) is 13.8. The molecule has 0 aliphatic carbocycles. The standard InChI is InChI=1S/C20H17N3O5S/c1-11-14-9-13(10-22-19(14)29-18(11)20(25)28-3)17(24)7-5-12-4-6-15(21-2)16(8-12)23(26)27/h4-10,21H,1-3H3/b7-5+. The molecule has 148 valence electrons. The molecule has 0 amide bonds. The number of aromatic nitrogens is 1. The predicted octanol–water partition coefficient (Wildman–Crippen LogP) is 4.24. The normalized spacial score (nSPS) is 11.0. The highest BCUT2D eigenvalue weighted by atomic mass is 32.1. The van der Waals surface area contributed by atoms with Gasteiger partial charge in [0.25, 0.3) is 5.69 Å². The van der Waals surface area contributed by atoms with Crippen molar-refractivity contribution in [3.63, 3.8) is 0 Å². The Bertz CT molecular complexity index is 1170. The Hall–Kier alpha value is -3.59. The van der Waals surface area contributed by atoms with Crippen molar-refractivity contribution in [3.8, 4) is 0 Å². The van der Waals surface area contributed by atoms with Gasteiger partial charge >= 0.3 is 5.97 Å². The van der Waals surface area contributed by atoms with Gasteiger partial charge in [-0.3, -0.25) is 14.9 Å². The number of anilines is 1. The minimum absolute atomic E-state index is 0.0746. The third-order valence-electron chi connectivity index (χ3n) is 4.36. The Morgan fingerprint density at radius 2 is 2.07 bits per heavy atom. The number of hydrogen-bond donors (Lipinski definition) is 1. The lowest BCUT2D eigenvalue weighted by atomic mass is 10.1. The molecule has 8 nitrogen and oxygen atoms in total. The van der Waals surface area contributed by atoms with E-state index >= 15 is 0 Å². The number of benzene rings is 1. The van der Waals surface area contributed by atoms with E-state index in [1.807, 2.05) is 0 Å². The molecule has 2 heterocycles. The second-order valence-corrected chi connectivity index (χ2v) is 7.10. The average Bonchev–Trinajstić information content (AvgIpc) is 3.07. The summed E-state index contributed by atoms with van der Waals surface area (Å²) in [6.07, 6.45) is 4.29. The maximum absolute atomic E-state index is 12.6. The molecule has 29 heavy (non-hydrogen) atoms. The van der Waals surface area contributed by atoms with Gasteiger partial charge in [-0.2, -0.15) is 0 Å². The van der Waals surface area contributed by atoms with E-state index in [0.717, 1.165) is 0 Å². The van der Waals surface area contributed by atoms with Crippen molar-refractivity contribution in [2.45, 2.75) is 6.92 Å². The molecule has 0 saturated carbocycles. The highest BCUT2D eigenvalue weighted by molar-refractivity contribution is 7.20. The number of allylic oxidation sites excluding steroid dienone is 1. The van der Waals surface area contributed by atoms with Gasteiger partial charge in [-0.25, -0.2) is 9.78 Å². The summed E-state index contributed by atoms with van der Waals surface area (Å²) in [4.78, 5) is 40.4. The zero-order valence-electron chi connectivity index (χ0n) is 15.9. The molecule has 0 spiro atoms. The lowest BCUT2D eigenvalue weighted by molar-refractivity contribution is -0.384. The average molecular weight is 411 g/mol. The van der Waals surface area contributed by atoms with E-state index in [-0.39, 0.29) is 11.5 Å². The largest absolute Gasteiger partial charge is 0.465 e. The number of methoxy groups -OCH3 is 1. The number of carbonyl (C=O) groups excluding carboxylic acids is 2. The van der Waals surface area contributed by atoms with Gasteiger partial charge in [0, 0.05) is 30.3 Å². The van der Waals surface area contributed by atoms with E-state index in [9.17, 15) is 19.7 Å². The Morgan fingerprint density at radius 1 is 1.31 bits per heavy atom. The molecule has 1 N–H and O–H groups in total. The van der Waals surface area contributed by atoms with Crippen LogP contribution in [-0.4, -0.2) is 35.8 Å². The van der Waals surface area contributed by atoms with E-state index in [1.54, 1.807) is 32.2 Å².